The molecule has 4 nitrogen and oxygen atoms in total. The lowest BCUT2D eigenvalue weighted by molar-refractivity contribution is -0.137. The molecule has 4 N–H and O–H groups in total. The van der Waals surface area contributed by atoms with Gasteiger partial charge >= 0.3 is 0 Å². The summed E-state index contributed by atoms with van der Waals surface area (Å²) in [5.74, 6) is 0.332. The SMILES string of the molecule is N[C@@H]1CN(C(=O)C2(N)CCCCC2)C[C@H]1c1ccccc1. The number of nitrogens with two attached hydrogens (primary N) is 2. The van der Waals surface area contributed by atoms with E-state index in [-0.39, 0.29) is 17.9 Å². The lowest BCUT2D eigenvalue weighted by Gasteiger charge is -2.35. The van der Waals surface area contributed by atoms with E-state index < -0.39 is 5.54 Å². The van der Waals surface area contributed by atoms with Crippen molar-refractivity contribution in [1.82, 2.24) is 4.90 Å². The molecule has 2 fully saturated rings. The smallest absolute Gasteiger partial charge is 0.242 e. The molecule has 1 aromatic carbocycles. The van der Waals surface area contributed by atoms with Gasteiger partial charge in [0.25, 0.3) is 0 Å². The Morgan fingerprint density at radius 3 is 2.43 bits per heavy atom. The highest BCUT2D eigenvalue weighted by atomic mass is 16.2. The molecule has 4 heteroatoms. The third-order valence-electron chi connectivity index (χ3n) is 5.05. The van der Waals surface area contributed by atoms with Crippen LogP contribution in [0.2, 0.25) is 0 Å². The number of hydrogen-bond donors (Lipinski definition) is 2. The van der Waals surface area contributed by atoms with Crippen LogP contribution in [0.4, 0.5) is 0 Å². The van der Waals surface area contributed by atoms with Crippen LogP contribution < -0.4 is 11.5 Å². The van der Waals surface area contributed by atoms with Gasteiger partial charge in [-0.15, -0.1) is 0 Å². The Hall–Kier alpha value is -1.39. The maximum atomic E-state index is 12.8. The van der Waals surface area contributed by atoms with Crippen molar-refractivity contribution in [2.75, 3.05) is 13.1 Å². The molecule has 1 aliphatic carbocycles. The largest absolute Gasteiger partial charge is 0.339 e. The quantitative estimate of drug-likeness (QED) is 0.868. The summed E-state index contributed by atoms with van der Waals surface area (Å²) in [7, 11) is 0. The lowest BCUT2D eigenvalue weighted by Crippen LogP contribution is -2.56. The topological polar surface area (TPSA) is 72.3 Å². The second-order valence-electron chi connectivity index (χ2n) is 6.61. The van der Waals surface area contributed by atoms with Crippen LogP contribution in [0, 0.1) is 0 Å². The maximum Gasteiger partial charge on any atom is 0.242 e. The molecule has 1 heterocycles. The average Bonchev–Trinajstić information content (AvgIpc) is 2.90. The minimum Gasteiger partial charge on any atom is -0.339 e. The van der Waals surface area contributed by atoms with E-state index in [1.165, 1.54) is 12.0 Å². The van der Waals surface area contributed by atoms with Gasteiger partial charge in [0.2, 0.25) is 5.91 Å². The van der Waals surface area contributed by atoms with E-state index in [0.717, 1.165) is 25.7 Å². The standard InChI is InChI=1S/C17H25N3O/c18-15-12-20(11-14(15)13-7-3-1-4-8-13)16(21)17(19)9-5-2-6-10-17/h1,3-4,7-8,14-15H,2,5-6,9-12,18-19H2/t14-,15+/m0/s1. The molecule has 0 spiro atoms. The van der Waals surface area contributed by atoms with Crippen molar-refractivity contribution in [2.45, 2.75) is 49.6 Å². The van der Waals surface area contributed by atoms with E-state index in [0.29, 0.717) is 13.1 Å². The first-order chi connectivity index (χ1) is 10.1. The summed E-state index contributed by atoms with van der Waals surface area (Å²) in [4.78, 5) is 14.7. The molecule has 0 bridgehead atoms. The van der Waals surface area contributed by atoms with Gasteiger partial charge in [-0.1, -0.05) is 49.6 Å². The number of hydrogen-bond acceptors (Lipinski definition) is 3. The second kappa shape index (κ2) is 5.78. The summed E-state index contributed by atoms with van der Waals surface area (Å²) in [6.45, 7) is 1.32. The Morgan fingerprint density at radius 1 is 1.10 bits per heavy atom. The molecule has 1 saturated carbocycles. The Balaban J connectivity index is 1.72. The number of carbonyl (C=O) groups excluding carboxylic acids is 1. The highest BCUT2D eigenvalue weighted by molar-refractivity contribution is 5.86. The van der Waals surface area contributed by atoms with Gasteiger partial charge in [0.1, 0.15) is 0 Å². The third-order valence-corrected chi connectivity index (χ3v) is 5.05. The number of nitrogens with zero attached hydrogens (tertiary/aromatic N) is 1. The summed E-state index contributed by atoms with van der Waals surface area (Å²) >= 11 is 0. The van der Waals surface area contributed by atoms with Crippen LogP contribution in [0.1, 0.15) is 43.6 Å². The number of likely N-dealkylation sites (tertiary alicyclic amines) is 1. The van der Waals surface area contributed by atoms with Crippen molar-refractivity contribution in [3.8, 4) is 0 Å². The van der Waals surface area contributed by atoms with Crippen LogP contribution in [0.15, 0.2) is 30.3 Å². The average molecular weight is 287 g/mol. The van der Waals surface area contributed by atoms with Gasteiger partial charge in [0.05, 0.1) is 5.54 Å². The van der Waals surface area contributed by atoms with Gasteiger partial charge in [-0.05, 0) is 18.4 Å². The first-order valence-electron chi connectivity index (χ1n) is 7.99. The molecule has 2 atom stereocenters. The van der Waals surface area contributed by atoms with Crippen LogP contribution in [-0.4, -0.2) is 35.5 Å². The van der Waals surface area contributed by atoms with Gasteiger partial charge in [0, 0.05) is 25.0 Å². The van der Waals surface area contributed by atoms with Crippen molar-refractivity contribution in [3.05, 3.63) is 35.9 Å². The molecule has 0 radical (unpaired) electrons. The highest BCUT2D eigenvalue weighted by Crippen LogP contribution is 2.32. The summed E-state index contributed by atoms with van der Waals surface area (Å²) in [5.41, 5.74) is 13.2. The van der Waals surface area contributed by atoms with Crippen LogP contribution in [0.5, 0.6) is 0 Å². The summed E-state index contributed by atoms with van der Waals surface area (Å²) in [6, 6.07) is 10.2. The molecule has 0 aromatic heterocycles. The minimum atomic E-state index is -0.649. The highest BCUT2D eigenvalue weighted by Gasteiger charge is 2.42. The number of benzene rings is 1. The van der Waals surface area contributed by atoms with Gasteiger partial charge in [0.15, 0.2) is 0 Å². The van der Waals surface area contributed by atoms with Crippen molar-refractivity contribution in [1.29, 1.82) is 0 Å². The van der Waals surface area contributed by atoms with Crippen molar-refractivity contribution in [2.24, 2.45) is 11.5 Å². The van der Waals surface area contributed by atoms with Crippen molar-refractivity contribution >= 4 is 5.91 Å². The monoisotopic (exact) mass is 287 g/mol. The van der Waals surface area contributed by atoms with Crippen LogP contribution in [-0.2, 0) is 4.79 Å². The Bertz CT molecular complexity index is 496. The maximum absolute atomic E-state index is 12.8. The first-order valence-corrected chi connectivity index (χ1v) is 7.99. The molecular formula is C17H25N3O. The van der Waals surface area contributed by atoms with E-state index in [2.05, 4.69) is 12.1 Å². The zero-order valence-electron chi connectivity index (χ0n) is 12.5. The Kier molecular flexibility index (Phi) is 4.00. The van der Waals surface area contributed by atoms with E-state index in [9.17, 15) is 4.79 Å². The molecule has 1 amide bonds. The molecule has 1 saturated heterocycles. The van der Waals surface area contributed by atoms with Crippen LogP contribution in [0.25, 0.3) is 0 Å². The van der Waals surface area contributed by atoms with Gasteiger partial charge < -0.3 is 16.4 Å². The molecular weight excluding hydrogens is 262 g/mol. The van der Waals surface area contributed by atoms with E-state index >= 15 is 0 Å². The molecule has 3 rings (SSSR count). The van der Waals surface area contributed by atoms with Crippen LogP contribution in [0.3, 0.4) is 0 Å². The van der Waals surface area contributed by atoms with E-state index in [1.807, 2.05) is 23.1 Å². The minimum absolute atomic E-state index is 0.00328. The van der Waals surface area contributed by atoms with Crippen molar-refractivity contribution in [3.63, 3.8) is 0 Å². The lowest BCUT2D eigenvalue weighted by atomic mass is 9.81. The number of rotatable bonds is 2. The second-order valence-corrected chi connectivity index (χ2v) is 6.61. The van der Waals surface area contributed by atoms with Gasteiger partial charge in [-0.3, -0.25) is 4.79 Å². The zero-order valence-corrected chi connectivity index (χ0v) is 12.5. The van der Waals surface area contributed by atoms with E-state index in [1.54, 1.807) is 0 Å². The predicted molar refractivity (Wildman–Crippen MR) is 83.7 cm³/mol. The van der Waals surface area contributed by atoms with Gasteiger partial charge in [-0.25, -0.2) is 0 Å². The zero-order chi connectivity index (χ0) is 14.9. The first kappa shape index (κ1) is 14.5. The molecule has 21 heavy (non-hydrogen) atoms. The van der Waals surface area contributed by atoms with Crippen molar-refractivity contribution < 1.29 is 4.79 Å². The van der Waals surface area contributed by atoms with Crippen LogP contribution >= 0.6 is 0 Å². The van der Waals surface area contributed by atoms with Gasteiger partial charge in [-0.2, -0.15) is 0 Å². The summed E-state index contributed by atoms with van der Waals surface area (Å²) in [5, 5.41) is 0. The fourth-order valence-corrected chi connectivity index (χ4v) is 3.76. The molecule has 1 aliphatic heterocycles. The Morgan fingerprint density at radius 2 is 1.76 bits per heavy atom. The molecule has 114 valence electrons. The normalized spacial score (nSPS) is 28.6. The predicted octanol–water partition coefficient (Wildman–Crippen LogP) is 1.60. The molecule has 1 aromatic rings. The van der Waals surface area contributed by atoms with E-state index in [4.69, 9.17) is 11.5 Å². The number of carbonyl (C=O) groups is 1. The fraction of sp³-hybridized carbons (Fsp3) is 0.588. The number of amides is 1. The third kappa shape index (κ3) is 2.83. The fourth-order valence-electron chi connectivity index (χ4n) is 3.76. The summed E-state index contributed by atoms with van der Waals surface area (Å²) in [6.07, 6.45) is 4.94. The molecule has 2 aliphatic rings. The molecule has 0 unspecified atom stereocenters. The Labute approximate surface area is 126 Å². The summed E-state index contributed by atoms with van der Waals surface area (Å²) < 4.78 is 0.